The van der Waals surface area contributed by atoms with Gasteiger partial charge in [-0.15, -0.1) is 0 Å². The van der Waals surface area contributed by atoms with Crippen LogP contribution in [0.3, 0.4) is 0 Å². The van der Waals surface area contributed by atoms with Gasteiger partial charge in [0, 0.05) is 24.4 Å². The summed E-state index contributed by atoms with van der Waals surface area (Å²) in [4.78, 5) is 4.13. The molecule has 2 heteroatoms. The van der Waals surface area contributed by atoms with Gasteiger partial charge in [0.2, 0.25) is 0 Å². The summed E-state index contributed by atoms with van der Waals surface area (Å²) in [5.41, 5.74) is 5.50. The normalized spacial score (nSPS) is 13.9. The van der Waals surface area contributed by atoms with E-state index >= 15 is 0 Å². The van der Waals surface area contributed by atoms with Gasteiger partial charge in [-0.25, -0.2) is 0 Å². The van der Waals surface area contributed by atoms with Gasteiger partial charge in [-0.05, 0) is 61.2 Å². The molecule has 2 unspecified atom stereocenters. The minimum absolute atomic E-state index is 0.340. The first-order chi connectivity index (χ1) is 10.1. The molecule has 1 N–H and O–H groups in total. The molecule has 112 valence electrons. The number of benzene rings is 1. The number of nitrogens with one attached hydrogen (secondary N) is 1. The highest BCUT2D eigenvalue weighted by molar-refractivity contribution is 5.37. The molecule has 1 aromatic heterocycles. The van der Waals surface area contributed by atoms with Crippen molar-refractivity contribution < 1.29 is 0 Å². The van der Waals surface area contributed by atoms with E-state index in [1.807, 2.05) is 12.4 Å². The van der Waals surface area contributed by atoms with Crippen molar-refractivity contribution in [2.75, 3.05) is 6.54 Å². The number of nitrogens with zero attached hydrogens (tertiary/aromatic N) is 1. The third-order valence-corrected chi connectivity index (χ3v) is 4.33. The maximum absolute atomic E-state index is 4.13. The fraction of sp³-hybridized carbons (Fsp3) is 0.421. The van der Waals surface area contributed by atoms with Gasteiger partial charge in [0.25, 0.3) is 0 Å². The SMILES string of the molecule is CCCNC(c1cccc(C)c1C)C(C)c1ccncc1. The maximum Gasteiger partial charge on any atom is 0.0389 e. The van der Waals surface area contributed by atoms with Gasteiger partial charge in [0.1, 0.15) is 0 Å². The summed E-state index contributed by atoms with van der Waals surface area (Å²) < 4.78 is 0. The summed E-state index contributed by atoms with van der Waals surface area (Å²) in [6.07, 6.45) is 4.90. The molecule has 2 nitrogen and oxygen atoms in total. The largest absolute Gasteiger partial charge is 0.309 e. The molecule has 0 aliphatic carbocycles. The molecule has 0 amide bonds. The lowest BCUT2D eigenvalue weighted by Gasteiger charge is -2.28. The molecule has 21 heavy (non-hydrogen) atoms. The predicted octanol–water partition coefficient (Wildman–Crippen LogP) is 4.54. The molecular weight excluding hydrogens is 256 g/mol. The second-order valence-electron chi connectivity index (χ2n) is 5.79. The molecule has 0 fully saturated rings. The van der Waals surface area contributed by atoms with E-state index in [0.717, 1.165) is 13.0 Å². The number of hydrogen-bond donors (Lipinski definition) is 1. The first-order valence-electron chi connectivity index (χ1n) is 7.84. The van der Waals surface area contributed by atoms with Crippen LogP contribution in [0, 0.1) is 13.8 Å². The van der Waals surface area contributed by atoms with Gasteiger partial charge in [-0.2, -0.15) is 0 Å². The van der Waals surface area contributed by atoms with E-state index in [-0.39, 0.29) is 0 Å². The van der Waals surface area contributed by atoms with Crippen LogP contribution < -0.4 is 5.32 Å². The summed E-state index contributed by atoms with van der Waals surface area (Å²) in [6.45, 7) is 9.96. The van der Waals surface area contributed by atoms with Crippen molar-refractivity contribution in [1.29, 1.82) is 0 Å². The zero-order valence-electron chi connectivity index (χ0n) is 13.6. The Morgan fingerprint density at radius 1 is 1.10 bits per heavy atom. The summed E-state index contributed by atoms with van der Waals surface area (Å²) in [7, 11) is 0. The lowest BCUT2D eigenvalue weighted by atomic mass is 9.86. The average molecular weight is 282 g/mol. The zero-order chi connectivity index (χ0) is 15.2. The molecule has 0 aliphatic rings. The molecule has 2 rings (SSSR count). The fourth-order valence-electron chi connectivity index (χ4n) is 2.83. The van der Waals surface area contributed by atoms with Crippen molar-refractivity contribution in [3.05, 3.63) is 65.0 Å². The van der Waals surface area contributed by atoms with Gasteiger partial charge >= 0.3 is 0 Å². The molecular formula is C19H26N2. The highest BCUT2D eigenvalue weighted by Crippen LogP contribution is 2.32. The highest BCUT2D eigenvalue weighted by Gasteiger charge is 2.22. The van der Waals surface area contributed by atoms with Gasteiger partial charge in [0.15, 0.2) is 0 Å². The van der Waals surface area contributed by atoms with Crippen molar-refractivity contribution in [1.82, 2.24) is 10.3 Å². The van der Waals surface area contributed by atoms with Crippen LogP contribution in [-0.4, -0.2) is 11.5 Å². The Balaban J connectivity index is 2.36. The zero-order valence-corrected chi connectivity index (χ0v) is 13.6. The third kappa shape index (κ3) is 3.70. The van der Waals surface area contributed by atoms with E-state index in [9.17, 15) is 0 Å². The monoisotopic (exact) mass is 282 g/mol. The van der Waals surface area contributed by atoms with Crippen LogP contribution in [0.5, 0.6) is 0 Å². The molecule has 0 radical (unpaired) electrons. The standard InChI is InChI=1S/C19H26N2/c1-5-11-21-19(16(4)17-9-12-20-13-10-17)18-8-6-7-14(2)15(18)3/h6-10,12-13,16,19,21H,5,11H2,1-4H3. The number of aromatic nitrogens is 1. The minimum atomic E-state index is 0.340. The van der Waals surface area contributed by atoms with Gasteiger partial charge in [-0.1, -0.05) is 32.0 Å². The van der Waals surface area contributed by atoms with E-state index in [4.69, 9.17) is 0 Å². The Labute approximate surface area is 128 Å². The molecule has 0 saturated carbocycles. The summed E-state index contributed by atoms with van der Waals surface area (Å²) in [5.74, 6) is 0.417. The van der Waals surface area contributed by atoms with Crippen LogP contribution in [0.1, 0.15) is 54.5 Å². The van der Waals surface area contributed by atoms with Gasteiger partial charge < -0.3 is 5.32 Å². The quantitative estimate of drug-likeness (QED) is 0.841. The van der Waals surface area contributed by atoms with Crippen molar-refractivity contribution in [3.63, 3.8) is 0 Å². The smallest absolute Gasteiger partial charge is 0.0389 e. The van der Waals surface area contributed by atoms with Crippen LogP contribution in [0.25, 0.3) is 0 Å². The molecule has 1 heterocycles. The van der Waals surface area contributed by atoms with Gasteiger partial charge in [0.05, 0.1) is 0 Å². The number of hydrogen-bond acceptors (Lipinski definition) is 2. The molecule has 1 aromatic carbocycles. The Kier molecular flexibility index (Phi) is 5.51. The van der Waals surface area contributed by atoms with Crippen LogP contribution in [0.2, 0.25) is 0 Å². The second kappa shape index (κ2) is 7.37. The lowest BCUT2D eigenvalue weighted by molar-refractivity contribution is 0.464. The Morgan fingerprint density at radius 3 is 2.48 bits per heavy atom. The van der Waals surface area contributed by atoms with E-state index in [1.54, 1.807) is 0 Å². The Morgan fingerprint density at radius 2 is 1.81 bits per heavy atom. The Hall–Kier alpha value is -1.67. The van der Waals surface area contributed by atoms with Crippen molar-refractivity contribution >= 4 is 0 Å². The minimum Gasteiger partial charge on any atom is -0.309 e. The lowest BCUT2D eigenvalue weighted by Crippen LogP contribution is -2.27. The molecule has 0 aliphatic heterocycles. The van der Waals surface area contributed by atoms with E-state index in [2.05, 4.69) is 68.3 Å². The van der Waals surface area contributed by atoms with Crippen LogP contribution in [0.15, 0.2) is 42.7 Å². The van der Waals surface area contributed by atoms with Crippen molar-refractivity contribution in [2.45, 2.75) is 46.1 Å². The van der Waals surface area contributed by atoms with Gasteiger partial charge in [-0.3, -0.25) is 4.98 Å². The topological polar surface area (TPSA) is 24.9 Å². The molecule has 2 atom stereocenters. The van der Waals surface area contributed by atoms with E-state index < -0.39 is 0 Å². The molecule has 2 aromatic rings. The summed E-state index contributed by atoms with van der Waals surface area (Å²) in [6, 6.07) is 11.2. The van der Waals surface area contributed by atoms with Crippen LogP contribution in [-0.2, 0) is 0 Å². The van der Waals surface area contributed by atoms with Crippen molar-refractivity contribution in [2.24, 2.45) is 0 Å². The molecule has 0 spiro atoms. The van der Waals surface area contributed by atoms with E-state index in [0.29, 0.717) is 12.0 Å². The van der Waals surface area contributed by atoms with E-state index in [1.165, 1.54) is 22.3 Å². The summed E-state index contributed by atoms with van der Waals surface area (Å²) in [5, 5.41) is 3.73. The van der Waals surface area contributed by atoms with Crippen LogP contribution in [0.4, 0.5) is 0 Å². The number of rotatable bonds is 6. The third-order valence-electron chi connectivity index (χ3n) is 4.33. The summed E-state index contributed by atoms with van der Waals surface area (Å²) >= 11 is 0. The molecule has 0 saturated heterocycles. The molecule has 0 bridgehead atoms. The van der Waals surface area contributed by atoms with Crippen LogP contribution >= 0.6 is 0 Å². The van der Waals surface area contributed by atoms with Crippen molar-refractivity contribution in [3.8, 4) is 0 Å². The highest BCUT2D eigenvalue weighted by atomic mass is 14.9. The number of aryl methyl sites for hydroxylation is 1. The Bertz CT molecular complexity index is 563. The second-order valence-corrected chi connectivity index (χ2v) is 5.79. The fourth-order valence-corrected chi connectivity index (χ4v) is 2.83. The first-order valence-corrected chi connectivity index (χ1v) is 7.84. The maximum atomic E-state index is 4.13. The average Bonchev–Trinajstić information content (AvgIpc) is 2.52. The number of pyridine rings is 1. The predicted molar refractivity (Wildman–Crippen MR) is 89.6 cm³/mol. The first kappa shape index (κ1) is 15.7.